The van der Waals surface area contributed by atoms with E-state index in [2.05, 4.69) is 4.98 Å². The summed E-state index contributed by atoms with van der Waals surface area (Å²) in [5.74, 6) is 0.248. The molecule has 6 heteroatoms. The SMILES string of the molecule is Cc1cccc2c1nc(C(C)Cl)n2CC(F)(F)F. The van der Waals surface area contributed by atoms with E-state index in [1.165, 1.54) is 0 Å². The summed E-state index contributed by atoms with van der Waals surface area (Å²) in [5.41, 5.74) is 1.88. The summed E-state index contributed by atoms with van der Waals surface area (Å²) < 4.78 is 38.9. The second-order valence-electron chi connectivity index (χ2n) is 4.23. The second kappa shape index (κ2) is 4.46. The van der Waals surface area contributed by atoms with E-state index in [1.54, 1.807) is 19.1 Å². The van der Waals surface area contributed by atoms with Gasteiger partial charge in [-0.3, -0.25) is 0 Å². The van der Waals surface area contributed by atoms with Gasteiger partial charge in [0.25, 0.3) is 0 Å². The zero-order valence-corrected chi connectivity index (χ0v) is 10.7. The predicted octanol–water partition coefficient (Wildman–Crippen LogP) is 4.21. The molecule has 0 spiro atoms. The molecule has 1 heterocycles. The Morgan fingerprint density at radius 1 is 1.39 bits per heavy atom. The van der Waals surface area contributed by atoms with Gasteiger partial charge >= 0.3 is 6.18 Å². The maximum absolute atomic E-state index is 12.6. The Morgan fingerprint density at radius 3 is 2.61 bits per heavy atom. The van der Waals surface area contributed by atoms with Gasteiger partial charge < -0.3 is 4.57 Å². The van der Waals surface area contributed by atoms with Crippen molar-refractivity contribution in [3.05, 3.63) is 29.6 Å². The maximum atomic E-state index is 12.6. The van der Waals surface area contributed by atoms with Crippen molar-refractivity contribution in [3.8, 4) is 0 Å². The average Bonchev–Trinajstić information content (AvgIpc) is 2.57. The molecule has 0 aliphatic heterocycles. The molecule has 2 rings (SSSR count). The summed E-state index contributed by atoms with van der Waals surface area (Å²) in [4.78, 5) is 4.23. The Balaban J connectivity index is 2.67. The Bertz CT molecular complexity index is 572. The normalized spacial score (nSPS) is 14.1. The fourth-order valence-corrected chi connectivity index (χ4v) is 2.12. The van der Waals surface area contributed by atoms with Crippen LogP contribution in [0.3, 0.4) is 0 Å². The molecule has 0 fully saturated rings. The summed E-state index contributed by atoms with van der Waals surface area (Å²) in [6.45, 7) is 2.36. The quantitative estimate of drug-likeness (QED) is 0.752. The van der Waals surface area contributed by atoms with Gasteiger partial charge in [-0.2, -0.15) is 13.2 Å². The van der Waals surface area contributed by atoms with Crippen LogP contribution in [0.4, 0.5) is 13.2 Å². The molecule has 1 aromatic carbocycles. The second-order valence-corrected chi connectivity index (χ2v) is 4.88. The van der Waals surface area contributed by atoms with E-state index in [-0.39, 0.29) is 5.82 Å². The lowest BCUT2D eigenvalue weighted by Crippen LogP contribution is -2.19. The number of imidazole rings is 1. The summed E-state index contributed by atoms with van der Waals surface area (Å²) in [6, 6.07) is 5.16. The molecule has 0 radical (unpaired) electrons. The number of aromatic nitrogens is 2. The molecule has 0 saturated carbocycles. The minimum atomic E-state index is -4.29. The molecule has 0 saturated heterocycles. The lowest BCUT2D eigenvalue weighted by atomic mass is 10.2. The number of rotatable bonds is 2. The van der Waals surface area contributed by atoms with Gasteiger partial charge in [0.05, 0.1) is 16.4 Å². The van der Waals surface area contributed by atoms with Crippen LogP contribution in [0.1, 0.15) is 23.7 Å². The third-order valence-electron chi connectivity index (χ3n) is 2.70. The van der Waals surface area contributed by atoms with Crippen molar-refractivity contribution < 1.29 is 13.2 Å². The monoisotopic (exact) mass is 276 g/mol. The predicted molar refractivity (Wildman–Crippen MR) is 64.8 cm³/mol. The number of halogens is 4. The van der Waals surface area contributed by atoms with Gasteiger partial charge in [-0.15, -0.1) is 11.6 Å². The van der Waals surface area contributed by atoms with Crippen LogP contribution in [-0.2, 0) is 6.54 Å². The van der Waals surface area contributed by atoms with E-state index in [0.29, 0.717) is 11.0 Å². The highest BCUT2D eigenvalue weighted by atomic mass is 35.5. The minimum absolute atomic E-state index is 0.248. The molecule has 18 heavy (non-hydrogen) atoms. The van der Waals surface area contributed by atoms with Crippen molar-refractivity contribution in [1.82, 2.24) is 9.55 Å². The fourth-order valence-electron chi connectivity index (χ4n) is 1.95. The van der Waals surface area contributed by atoms with E-state index in [1.807, 2.05) is 13.0 Å². The minimum Gasteiger partial charge on any atom is -0.318 e. The Labute approximate surface area is 107 Å². The molecular formula is C12H12ClF3N2. The summed E-state index contributed by atoms with van der Waals surface area (Å²) >= 11 is 5.91. The third kappa shape index (κ3) is 2.46. The molecular weight excluding hydrogens is 265 g/mol. The van der Waals surface area contributed by atoms with E-state index >= 15 is 0 Å². The summed E-state index contributed by atoms with van der Waals surface area (Å²) in [5, 5.41) is -0.570. The molecule has 0 amide bonds. The maximum Gasteiger partial charge on any atom is 0.406 e. The van der Waals surface area contributed by atoms with Crippen molar-refractivity contribution in [3.63, 3.8) is 0 Å². The van der Waals surface area contributed by atoms with E-state index in [0.717, 1.165) is 10.1 Å². The van der Waals surface area contributed by atoms with E-state index < -0.39 is 18.1 Å². The van der Waals surface area contributed by atoms with Crippen molar-refractivity contribution >= 4 is 22.6 Å². The zero-order valence-electron chi connectivity index (χ0n) is 9.92. The van der Waals surface area contributed by atoms with E-state index in [4.69, 9.17) is 11.6 Å². The lowest BCUT2D eigenvalue weighted by Gasteiger charge is -2.12. The zero-order chi connectivity index (χ0) is 13.5. The van der Waals surface area contributed by atoms with Crippen molar-refractivity contribution in [1.29, 1.82) is 0 Å². The number of alkyl halides is 4. The van der Waals surface area contributed by atoms with Gasteiger partial charge in [-0.05, 0) is 25.5 Å². The van der Waals surface area contributed by atoms with Gasteiger partial charge in [0.1, 0.15) is 12.4 Å². The summed E-state index contributed by atoms with van der Waals surface area (Å²) in [6.07, 6.45) is -4.29. The first-order valence-corrected chi connectivity index (χ1v) is 5.90. The topological polar surface area (TPSA) is 17.8 Å². The van der Waals surface area contributed by atoms with Crippen LogP contribution in [0.25, 0.3) is 11.0 Å². The average molecular weight is 277 g/mol. The van der Waals surface area contributed by atoms with Gasteiger partial charge in [0, 0.05) is 0 Å². The molecule has 0 bridgehead atoms. The van der Waals surface area contributed by atoms with Crippen molar-refractivity contribution in [2.75, 3.05) is 0 Å². The number of hydrogen-bond donors (Lipinski definition) is 0. The van der Waals surface area contributed by atoms with Gasteiger partial charge in [0.15, 0.2) is 0 Å². The van der Waals surface area contributed by atoms with Crippen LogP contribution in [-0.4, -0.2) is 15.7 Å². The molecule has 0 aliphatic rings. The van der Waals surface area contributed by atoms with Crippen molar-refractivity contribution in [2.24, 2.45) is 0 Å². The van der Waals surface area contributed by atoms with Crippen LogP contribution in [0.2, 0.25) is 0 Å². The fraction of sp³-hybridized carbons (Fsp3) is 0.417. The molecule has 0 N–H and O–H groups in total. The molecule has 2 nitrogen and oxygen atoms in total. The first kappa shape index (κ1) is 13.2. The standard InChI is InChI=1S/C12H12ClF3N2/c1-7-4-3-5-9-10(7)17-11(8(2)13)18(9)6-12(14,15)16/h3-5,8H,6H2,1-2H3. The highest BCUT2D eigenvalue weighted by Gasteiger charge is 2.31. The van der Waals surface area contributed by atoms with Crippen LogP contribution < -0.4 is 0 Å². The number of fused-ring (bicyclic) bond motifs is 1. The third-order valence-corrected chi connectivity index (χ3v) is 2.90. The van der Waals surface area contributed by atoms with Crippen molar-refractivity contribution in [2.45, 2.75) is 31.9 Å². The van der Waals surface area contributed by atoms with Crippen LogP contribution in [0.5, 0.6) is 0 Å². The smallest absolute Gasteiger partial charge is 0.318 e. The van der Waals surface area contributed by atoms with Gasteiger partial charge in [0.2, 0.25) is 0 Å². The molecule has 0 aliphatic carbocycles. The number of benzene rings is 1. The van der Waals surface area contributed by atoms with Gasteiger partial charge in [-0.25, -0.2) is 4.98 Å². The molecule has 1 aromatic heterocycles. The molecule has 98 valence electrons. The highest BCUT2D eigenvalue weighted by Crippen LogP contribution is 2.29. The number of para-hydroxylation sites is 1. The largest absolute Gasteiger partial charge is 0.406 e. The van der Waals surface area contributed by atoms with Crippen LogP contribution in [0, 0.1) is 6.92 Å². The highest BCUT2D eigenvalue weighted by molar-refractivity contribution is 6.20. The molecule has 1 atom stereocenters. The molecule has 2 aromatic rings. The Kier molecular flexibility index (Phi) is 3.27. The van der Waals surface area contributed by atoms with Crippen LogP contribution >= 0.6 is 11.6 Å². The first-order valence-electron chi connectivity index (χ1n) is 5.46. The number of hydrogen-bond acceptors (Lipinski definition) is 1. The number of nitrogens with zero attached hydrogens (tertiary/aromatic N) is 2. The lowest BCUT2D eigenvalue weighted by molar-refractivity contribution is -0.140. The Morgan fingerprint density at radius 2 is 2.06 bits per heavy atom. The summed E-state index contributed by atoms with van der Waals surface area (Å²) in [7, 11) is 0. The van der Waals surface area contributed by atoms with Gasteiger partial charge in [-0.1, -0.05) is 12.1 Å². The number of aryl methyl sites for hydroxylation is 1. The van der Waals surface area contributed by atoms with Crippen LogP contribution in [0.15, 0.2) is 18.2 Å². The first-order chi connectivity index (χ1) is 8.29. The molecule has 1 unspecified atom stereocenters. The van der Waals surface area contributed by atoms with E-state index in [9.17, 15) is 13.2 Å². The Hall–Kier alpha value is -1.23.